The van der Waals surface area contributed by atoms with Gasteiger partial charge in [0, 0.05) is 6.21 Å². The predicted molar refractivity (Wildman–Crippen MR) is 41.8 cm³/mol. The summed E-state index contributed by atoms with van der Waals surface area (Å²) in [5.74, 6) is 0. The molecule has 2 heterocycles. The van der Waals surface area contributed by atoms with Crippen molar-refractivity contribution in [2.45, 2.75) is 6.17 Å². The van der Waals surface area contributed by atoms with Crippen molar-refractivity contribution in [3.05, 3.63) is 36.1 Å². The van der Waals surface area contributed by atoms with E-state index in [2.05, 4.69) is 22.5 Å². The molecule has 2 aliphatic heterocycles. The average molecular weight is 132 g/mol. The van der Waals surface area contributed by atoms with E-state index in [9.17, 15) is 0 Å². The third-order valence-electron chi connectivity index (χ3n) is 1.56. The lowest BCUT2D eigenvalue weighted by Gasteiger charge is -2.18. The van der Waals surface area contributed by atoms with E-state index in [-0.39, 0.29) is 6.17 Å². The summed E-state index contributed by atoms with van der Waals surface area (Å²) in [6, 6.07) is 0. The largest absolute Gasteiger partial charge is 0.366 e. The molecule has 0 saturated carbocycles. The number of rotatable bonds is 0. The van der Waals surface area contributed by atoms with E-state index in [1.165, 1.54) is 5.57 Å². The molecule has 0 aliphatic carbocycles. The molecule has 0 fully saturated rings. The minimum Gasteiger partial charge on any atom is -0.366 e. The fourth-order valence-electron chi connectivity index (χ4n) is 1.06. The number of hydrogen-bond donors (Lipinski definition) is 1. The standard InChI is InChI=1S/C8H8N2/c1-3-7-4-2-6-10-8(7)9-5-1/h1-6,8-9H. The number of fused-ring (bicyclic) bond motifs is 1. The Balaban J connectivity index is 2.34. The maximum atomic E-state index is 4.21. The molecule has 10 heavy (non-hydrogen) atoms. The molecule has 0 radical (unpaired) electrons. The first-order valence-corrected chi connectivity index (χ1v) is 3.29. The lowest BCUT2D eigenvalue weighted by atomic mass is 10.1. The molecule has 50 valence electrons. The molecule has 0 spiro atoms. The summed E-state index contributed by atoms with van der Waals surface area (Å²) in [4.78, 5) is 4.21. The van der Waals surface area contributed by atoms with E-state index >= 15 is 0 Å². The van der Waals surface area contributed by atoms with Gasteiger partial charge in [0.05, 0.1) is 0 Å². The number of allylic oxidation sites excluding steroid dienone is 3. The highest BCUT2D eigenvalue weighted by Gasteiger charge is 2.10. The van der Waals surface area contributed by atoms with Crippen LogP contribution in [0.1, 0.15) is 0 Å². The minimum absolute atomic E-state index is 0.162. The van der Waals surface area contributed by atoms with Gasteiger partial charge in [0.15, 0.2) is 0 Å². The van der Waals surface area contributed by atoms with Crippen LogP contribution in [0.2, 0.25) is 0 Å². The van der Waals surface area contributed by atoms with Gasteiger partial charge in [-0.05, 0) is 23.9 Å². The van der Waals surface area contributed by atoms with Gasteiger partial charge < -0.3 is 5.32 Å². The van der Waals surface area contributed by atoms with Gasteiger partial charge in [-0.15, -0.1) is 0 Å². The zero-order valence-electron chi connectivity index (χ0n) is 5.49. The number of dihydropyridines is 2. The lowest BCUT2D eigenvalue weighted by molar-refractivity contribution is 0.703. The van der Waals surface area contributed by atoms with Gasteiger partial charge in [-0.3, -0.25) is 4.99 Å². The molecule has 2 rings (SSSR count). The summed E-state index contributed by atoms with van der Waals surface area (Å²) in [6.07, 6.45) is 11.9. The highest BCUT2D eigenvalue weighted by molar-refractivity contribution is 5.74. The van der Waals surface area contributed by atoms with E-state index in [1.54, 1.807) is 0 Å². The van der Waals surface area contributed by atoms with Crippen molar-refractivity contribution < 1.29 is 0 Å². The van der Waals surface area contributed by atoms with Gasteiger partial charge >= 0.3 is 0 Å². The molecule has 2 nitrogen and oxygen atoms in total. The number of aliphatic imine (C=N–C) groups is 1. The number of nitrogens with zero attached hydrogens (tertiary/aromatic N) is 1. The van der Waals surface area contributed by atoms with Crippen LogP contribution in [0.4, 0.5) is 0 Å². The molecule has 0 saturated heterocycles. The Hall–Kier alpha value is -1.31. The molecule has 1 atom stereocenters. The molecule has 0 aromatic carbocycles. The quantitative estimate of drug-likeness (QED) is 0.522. The molecular formula is C8H8N2. The second-order valence-electron chi connectivity index (χ2n) is 2.25. The van der Waals surface area contributed by atoms with Crippen LogP contribution in [0.25, 0.3) is 0 Å². The molecule has 0 aromatic rings. The Labute approximate surface area is 59.7 Å². The van der Waals surface area contributed by atoms with Gasteiger partial charge in [-0.2, -0.15) is 0 Å². The van der Waals surface area contributed by atoms with Crippen molar-refractivity contribution in [1.82, 2.24) is 5.32 Å². The summed E-state index contributed by atoms with van der Waals surface area (Å²) in [6.45, 7) is 0. The lowest BCUT2D eigenvalue weighted by Crippen LogP contribution is -2.26. The van der Waals surface area contributed by atoms with Crippen LogP contribution in [0, 0.1) is 0 Å². The normalized spacial score (nSPS) is 27.2. The van der Waals surface area contributed by atoms with Crippen LogP contribution >= 0.6 is 0 Å². The Morgan fingerprint density at radius 2 is 2.40 bits per heavy atom. The number of nitrogens with one attached hydrogen (secondary N) is 1. The van der Waals surface area contributed by atoms with Crippen molar-refractivity contribution in [3.8, 4) is 0 Å². The second kappa shape index (κ2) is 2.14. The molecule has 0 amide bonds. The Bertz CT molecular complexity index is 246. The van der Waals surface area contributed by atoms with Crippen molar-refractivity contribution >= 4 is 6.21 Å². The van der Waals surface area contributed by atoms with Crippen LogP contribution in [0.3, 0.4) is 0 Å². The molecule has 1 unspecified atom stereocenters. The average Bonchev–Trinajstić information content (AvgIpc) is 2.05. The highest BCUT2D eigenvalue weighted by Crippen LogP contribution is 2.12. The number of hydrogen-bond acceptors (Lipinski definition) is 2. The summed E-state index contributed by atoms with van der Waals surface area (Å²) in [5.41, 5.74) is 1.23. The zero-order chi connectivity index (χ0) is 6.81. The monoisotopic (exact) mass is 132 g/mol. The van der Waals surface area contributed by atoms with E-state index in [4.69, 9.17) is 0 Å². The van der Waals surface area contributed by atoms with Crippen molar-refractivity contribution in [2.24, 2.45) is 4.99 Å². The van der Waals surface area contributed by atoms with Crippen LogP contribution < -0.4 is 5.32 Å². The van der Waals surface area contributed by atoms with Crippen LogP contribution in [0.5, 0.6) is 0 Å². The molecule has 2 heteroatoms. The highest BCUT2D eigenvalue weighted by atomic mass is 15.1. The first kappa shape index (κ1) is 5.47. The van der Waals surface area contributed by atoms with E-state index in [0.29, 0.717) is 0 Å². The first-order chi connectivity index (χ1) is 4.97. The maximum Gasteiger partial charge on any atom is 0.144 e. The van der Waals surface area contributed by atoms with E-state index in [0.717, 1.165) is 0 Å². The molecule has 2 aliphatic rings. The van der Waals surface area contributed by atoms with Crippen molar-refractivity contribution in [2.75, 3.05) is 0 Å². The van der Waals surface area contributed by atoms with Gasteiger partial charge in [0.2, 0.25) is 0 Å². The fourth-order valence-corrected chi connectivity index (χ4v) is 1.06. The third-order valence-corrected chi connectivity index (χ3v) is 1.56. The van der Waals surface area contributed by atoms with Crippen LogP contribution in [-0.4, -0.2) is 12.4 Å². The van der Waals surface area contributed by atoms with Gasteiger partial charge in [-0.1, -0.05) is 12.2 Å². The SMILES string of the molecule is C1=CNC2N=CC=CC2=C1. The fraction of sp³-hybridized carbons (Fsp3) is 0.125. The van der Waals surface area contributed by atoms with Gasteiger partial charge in [0.1, 0.15) is 6.17 Å². The molecule has 0 aromatic heterocycles. The Morgan fingerprint density at radius 1 is 1.40 bits per heavy atom. The first-order valence-electron chi connectivity index (χ1n) is 3.29. The van der Waals surface area contributed by atoms with Crippen molar-refractivity contribution in [3.63, 3.8) is 0 Å². The van der Waals surface area contributed by atoms with Crippen LogP contribution in [-0.2, 0) is 0 Å². The maximum absolute atomic E-state index is 4.21. The van der Waals surface area contributed by atoms with Gasteiger partial charge in [-0.25, -0.2) is 0 Å². The Morgan fingerprint density at radius 3 is 3.30 bits per heavy atom. The zero-order valence-corrected chi connectivity index (χ0v) is 5.49. The van der Waals surface area contributed by atoms with Gasteiger partial charge in [0.25, 0.3) is 0 Å². The Kier molecular flexibility index (Phi) is 1.17. The van der Waals surface area contributed by atoms with E-state index < -0.39 is 0 Å². The smallest absolute Gasteiger partial charge is 0.144 e. The molecule has 0 bridgehead atoms. The summed E-state index contributed by atoms with van der Waals surface area (Å²) >= 11 is 0. The van der Waals surface area contributed by atoms with E-state index in [1.807, 2.05) is 24.6 Å². The minimum atomic E-state index is 0.162. The third kappa shape index (κ3) is 0.778. The van der Waals surface area contributed by atoms with Crippen molar-refractivity contribution in [1.29, 1.82) is 0 Å². The second-order valence-corrected chi connectivity index (χ2v) is 2.25. The molecular weight excluding hydrogens is 124 g/mol. The van der Waals surface area contributed by atoms with Crippen LogP contribution in [0.15, 0.2) is 41.1 Å². The molecule has 1 N–H and O–H groups in total. The summed E-state index contributed by atoms with van der Waals surface area (Å²) in [5, 5.41) is 3.12. The summed E-state index contributed by atoms with van der Waals surface area (Å²) in [7, 11) is 0. The topological polar surface area (TPSA) is 24.4 Å². The summed E-state index contributed by atoms with van der Waals surface area (Å²) < 4.78 is 0. The predicted octanol–water partition coefficient (Wildman–Crippen LogP) is 0.996.